The molecule has 16 heavy (non-hydrogen) atoms. The zero-order chi connectivity index (χ0) is 12.2. The summed E-state index contributed by atoms with van der Waals surface area (Å²) in [4.78, 5) is 2.73. The van der Waals surface area contributed by atoms with Crippen molar-refractivity contribution in [1.82, 2.24) is 4.90 Å². The van der Waals surface area contributed by atoms with E-state index in [1.807, 2.05) is 0 Å². The van der Waals surface area contributed by atoms with Crippen molar-refractivity contribution in [3.8, 4) is 0 Å². The van der Waals surface area contributed by atoms with Gasteiger partial charge in [-0.05, 0) is 44.6 Å². The highest BCUT2D eigenvalue weighted by atomic mass is 15.3. The largest absolute Gasteiger partial charge is 0.329 e. The maximum Gasteiger partial charge on any atom is 0.0329 e. The fraction of sp³-hybridized carbons (Fsp3) is 1.00. The van der Waals surface area contributed by atoms with Crippen LogP contribution in [0.5, 0.6) is 0 Å². The Bertz CT molecular complexity index is 185. The topological polar surface area (TPSA) is 29.3 Å². The Hall–Kier alpha value is -0.0800. The van der Waals surface area contributed by atoms with Crippen molar-refractivity contribution >= 4 is 0 Å². The molecule has 0 bridgehead atoms. The van der Waals surface area contributed by atoms with Crippen molar-refractivity contribution < 1.29 is 0 Å². The molecule has 0 saturated heterocycles. The van der Waals surface area contributed by atoms with E-state index < -0.39 is 0 Å². The third-order valence-corrected chi connectivity index (χ3v) is 4.24. The minimum absolute atomic E-state index is 0.274. The first kappa shape index (κ1) is 14.0. The molecule has 0 heterocycles. The molecule has 0 amide bonds. The number of rotatable bonds is 8. The van der Waals surface area contributed by atoms with Gasteiger partial charge in [-0.15, -0.1) is 0 Å². The molecule has 0 unspecified atom stereocenters. The van der Waals surface area contributed by atoms with Gasteiger partial charge in [0.25, 0.3) is 0 Å². The summed E-state index contributed by atoms with van der Waals surface area (Å²) in [5, 5.41) is 0. The summed E-state index contributed by atoms with van der Waals surface area (Å²) in [6, 6.07) is 0.835. The normalized spacial score (nSPS) is 17.4. The summed E-state index contributed by atoms with van der Waals surface area (Å²) in [7, 11) is 0. The third-order valence-electron chi connectivity index (χ3n) is 4.24. The average molecular weight is 226 g/mol. The Morgan fingerprint density at radius 1 is 1.25 bits per heavy atom. The maximum absolute atomic E-state index is 6.06. The van der Waals surface area contributed by atoms with Crippen molar-refractivity contribution in [2.24, 2.45) is 11.7 Å². The van der Waals surface area contributed by atoms with Gasteiger partial charge < -0.3 is 5.73 Å². The van der Waals surface area contributed by atoms with Crippen molar-refractivity contribution in [3.05, 3.63) is 0 Å². The molecule has 1 fully saturated rings. The number of hydrogen-bond donors (Lipinski definition) is 1. The van der Waals surface area contributed by atoms with Crippen LogP contribution in [-0.2, 0) is 0 Å². The Labute approximate surface area is 102 Å². The molecule has 0 aromatic heterocycles. The molecular formula is C14H30N2. The fourth-order valence-electron chi connectivity index (χ4n) is 2.65. The molecule has 96 valence electrons. The lowest BCUT2D eigenvalue weighted by atomic mass is 9.89. The van der Waals surface area contributed by atoms with Crippen LogP contribution < -0.4 is 5.73 Å². The first-order valence-electron chi connectivity index (χ1n) is 7.06. The van der Waals surface area contributed by atoms with E-state index in [1.54, 1.807) is 0 Å². The van der Waals surface area contributed by atoms with E-state index in [2.05, 4.69) is 32.6 Å². The molecule has 2 N–H and O–H groups in total. The monoisotopic (exact) mass is 226 g/mol. The molecule has 1 rings (SSSR count). The smallest absolute Gasteiger partial charge is 0.0329 e. The quantitative estimate of drug-likeness (QED) is 0.689. The lowest BCUT2D eigenvalue weighted by Gasteiger charge is -2.43. The lowest BCUT2D eigenvalue weighted by Crippen LogP contribution is -2.54. The Morgan fingerprint density at radius 2 is 1.81 bits per heavy atom. The third kappa shape index (κ3) is 3.21. The van der Waals surface area contributed by atoms with Crippen molar-refractivity contribution in [1.29, 1.82) is 0 Å². The molecule has 0 atom stereocenters. The predicted octanol–water partition coefficient (Wildman–Crippen LogP) is 3.01. The zero-order valence-corrected chi connectivity index (χ0v) is 11.6. The second kappa shape index (κ2) is 6.02. The maximum atomic E-state index is 6.06. The molecule has 0 aliphatic heterocycles. The predicted molar refractivity (Wildman–Crippen MR) is 71.6 cm³/mol. The summed E-state index contributed by atoms with van der Waals surface area (Å²) >= 11 is 0. The Morgan fingerprint density at radius 3 is 2.12 bits per heavy atom. The van der Waals surface area contributed by atoms with E-state index in [-0.39, 0.29) is 5.54 Å². The molecule has 1 saturated carbocycles. The molecule has 2 heteroatoms. The van der Waals surface area contributed by atoms with E-state index in [4.69, 9.17) is 5.73 Å². The van der Waals surface area contributed by atoms with Gasteiger partial charge in [-0.1, -0.05) is 27.7 Å². The molecular weight excluding hydrogens is 196 g/mol. The number of hydrogen-bond acceptors (Lipinski definition) is 2. The molecule has 1 aliphatic rings. The van der Waals surface area contributed by atoms with Gasteiger partial charge in [-0.3, -0.25) is 4.90 Å². The van der Waals surface area contributed by atoms with Gasteiger partial charge >= 0.3 is 0 Å². The zero-order valence-electron chi connectivity index (χ0n) is 11.6. The summed E-state index contributed by atoms with van der Waals surface area (Å²) in [5.74, 6) is 0.797. The van der Waals surface area contributed by atoms with E-state index in [1.165, 1.54) is 38.6 Å². The van der Waals surface area contributed by atoms with Crippen LogP contribution in [0.25, 0.3) is 0 Å². The van der Waals surface area contributed by atoms with Crippen LogP contribution in [0.4, 0.5) is 0 Å². The van der Waals surface area contributed by atoms with Gasteiger partial charge in [0.2, 0.25) is 0 Å². The molecule has 0 aromatic carbocycles. The minimum Gasteiger partial charge on any atom is -0.329 e. The molecule has 0 spiro atoms. The standard InChI is InChI=1S/C14H30N2/c1-5-14(6-2,11-15)16(13-7-8-13)10-9-12(3)4/h12-13H,5-11,15H2,1-4H3. The van der Waals surface area contributed by atoms with Crippen LogP contribution in [0.15, 0.2) is 0 Å². The van der Waals surface area contributed by atoms with Crippen LogP contribution >= 0.6 is 0 Å². The number of nitrogens with zero attached hydrogens (tertiary/aromatic N) is 1. The van der Waals surface area contributed by atoms with Gasteiger partial charge in [0.15, 0.2) is 0 Å². The second-order valence-corrected chi connectivity index (χ2v) is 5.74. The average Bonchev–Trinajstić information content (AvgIpc) is 3.08. The van der Waals surface area contributed by atoms with E-state index >= 15 is 0 Å². The highest BCUT2D eigenvalue weighted by Gasteiger charge is 2.40. The van der Waals surface area contributed by atoms with Crippen LogP contribution in [0.3, 0.4) is 0 Å². The fourth-order valence-corrected chi connectivity index (χ4v) is 2.65. The summed E-state index contributed by atoms with van der Waals surface area (Å²) < 4.78 is 0. The summed E-state index contributed by atoms with van der Waals surface area (Å²) in [6.45, 7) is 11.3. The van der Waals surface area contributed by atoms with E-state index in [9.17, 15) is 0 Å². The second-order valence-electron chi connectivity index (χ2n) is 5.74. The molecule has 0 aromatic rings. The first-order valence-corrected chi connectivity index (χ1v) is 7.06. The summed E-state index contributed by atoms with van der Waals surface area (Å²) in [5.41, 5.74) is 6.33. The van der Waals surface area contributed by atoms with E-state index in [0.717, 1.165) is 18.5 Å². The number of nitrogens with two attached hydrogens (primary N) is 1. The van der Waals surface area contributed by atoms with E-state index in [0.29, 0.717) is 0 Å². The van der Waals surface area contributed by atoms with Crippen molar-refractivity contribution in [2.75, 3.05) is 13.1 Å². The van der Waals surface area contributed by atoms with Gasteiger partial charge in [-0.2, -0.15) is 0 Å². The highest BCUT2D eigenvalue weighted by molar-refractivity contribution is 4.97. The van der Waals surface area contributed by atoms with Gasteiger partial charge in [0.1, 0.15) is 0 Å². The first-order chi connectivity index (χ1) is 7.59. The summed E-state index contributed by atoms with van der Waals surface area (Å²) in [6.07, 6.45) is 6.46. The van der Waals surface area contributed by atoms with Crippen molar-refractivity contribution in [3.63, 3.8) is 0 Å². The molecule has 1 aliphatic carbocycles. The van der Waals surface area contributed by atoms with Crippen molar-refractivity contribution in [2.45, 2.75) is 71.4 Å². The van der Waals surface area contributed by atoms with Gasteiger partial charge in [0, 0.05) is 18.1 Å². The van der Waals surface area contributed by atoms with Crippen LogP contribution in [0.2, 0.25) is 0 Å². The lowest BCUT2D eigenvalue weighted by molar-refractivity contribution is 0.0710. The highest BCUT2D eigenvalue weighted by Crippen LogP contribution is 2.36. The van der Waals surface area contributed by atoms with Crippen LogP contribution in [0.1, 0.15) is 59.8 Å². The van der Waals surface area contributed by atoms with Gasteiger partial charge in [0.05, 0.1) is 0 Å². The SMILES string of the molecule is CCC(CC)(CN)N(CCC(C)C)C1CC1. The van der Waals surface area contributed by atoms with Gasteiger partial charge in [-0.25, -0.2) is 0 Å². The molecule has 0 radical (unpaired) electrons. The Balaban J connectivity index is 2.65. The van der Waals surface area contributed by atoms with Crippen LogP contribution in [0, 0.1) is 5.92 Å². The molecule has 2 nitrogen and oxygen atoms in total. The minimum atomic E-state index is 0.274. The van der Waals surface area contributed by atoms with Crippen LogP contribution in [-0.4, -0.2) is 29.6 Å². The Kier molecular flexibility index (Phi) is 5.26.